The Kier molecular flexibility index (Phi) is 5.10. The minimum absolute atomic E-state index is 0.220. The first-order valence-corrected chi connectivity index (χ1v) is 8.69. The van der Waals surface area contributed by atoms with Gasteiger partial charge in [0.1, 0.15) is 4.88 Å². The summed E-state index contributed by atoms with van der Waals surface area (Å²) in [7, 11) is 1.34. The summed E-state index contributed by atoms with van der Waals surface area (Å²) in [6, 6.07) is 0. The fraction of sp³-hybridized carbons (Fsp3) is 0.688. The molecule has 6 nitrogen and oxygen atoms in total. The van der Waals surface area contributed by atoms with Crippen molar-refractivity contribution >= 4 is 28.3 Å². The average molecular weight is 339 g/mol. The minimum Gasteiger partial charge on any atom is -0.465 e. The number of nitrogens with one attached hydrogen (secondary N) is 1. The molecule has 2 rings (SSSR count). The number of aromatic nitrogens is 1. The highest BCUT2D eigenvalue weighted by atomic mass is 32.1. The van der Waals surface area contributed by atoms with Crippen LogP contribution in [-0.4, -0.2) is 29.5 Å². The average Bonchev–Trinajstić information content (AvgIpc) is 2.91. The number of thiazole rings is 1. The van der Waals surface area contributed by atoms with Crippen LogP contribution in [0.25, 0.3) is 0 Å². The van der Waals surface area contributed by atoms with Gasteiger partial charge in [-0.2, -0.15) is 0 Å². The Hall–Kier alpha value is -1.47. The normalized spacial score (nSPS) is 17.6. The molecule has 0 radical (unpaired) electrons. The number of esters is 1. The van der Waals surface area contributed by atoms with Gasteiger partial charge in [0.2, 0.25) is 5.91 Å². The quantitative estimate of drug-likeness (QED) is 0.826. The molecular weight excluding hydrogens is 314 g/mol. The highest BCUT2D eigenvalue weighted by molar-refractivity contribution is 7.17. The third kappa shape index (κ3) is 3.90. The van der Waals surface area contributed by atoms with Crippen molar-refractivity contribution in [2.24, 2.45) is 5.73 Å². The molecule has 0 aliphatic heterocycles. The number of ether oxygens (including phenoxy) is 1. The SMILES string of the molecule is COC(=O)c1sc(NC(=O)C2(N)CCCCC2)nc1C(C)(C)C. The van der Waals surface area contributed by atoms with Crippen LogP contribution in [0.3, 0.4) is 0 Å². The lowest BCUT2D eigenvalue weighted by Crippen LogP contribution is -2.52. The van der Waals surface area contributed by atoms with Crippen molar-refractivity contribution in [2.45, 2.75) is 63.8 Å². The van der Waals surface area contributed by atoms with Crippen LogP contribution in [0.2, 0.25) is 0 Å². The minimum atomic E-state index is -0.836. The third-order valence-corrected chi connectivity index (χ3v) is 5.08. The van der Waals surface area contributed by atoms with Gasteiger partial charge in [0, 0.05) is 5.41 Å². The predicted molar refractivity (Wildman–Crippen MR) is 90.8 cm³/mol. The molecule has 0 saturated heterocycles. The Labute approximate surface area is 140 Å². The number of carbonyl (C=O) groups excluding carboxylic acids is 2. The molecule has 0 spiro atoms. The maximum atomic E-state index is 12.5. The van der Waals surface area contributed by atoms with Gasteiger partial charge in [-0.05, 0) is 12.8 Å². The summed E-state index contributed by atoms with van der Waals surface area (Å²) in [5.41, 5.74) is 5.70. The number of nitrogens with zero attached hydrogens (tertiary/aromatic N) is 1. The lowest BCUT2D eigenvalue weighted by atomic mass is 9.82. The lowest BCUT2D eigenvalue weighted by molar-refractivity contribution is -0.122. The van der Waals surface area contributed by atoms with Gasteiger partial charge in [-0.25, -0.2) is 9.78 Å². The topological polar surface area (TPSA) is 94.3 Å². The van der Waals surface area contributed by atoms with Crippen LogP contribution in [0.1, 0.15) is 68.2 Å². The Morgan fingerprint density at radius 3 is 2.39 bits per heavy atom. The first-order chi connectivity index (χ1) is 10.7. The van der Waals surface area contributed by atoms with Gasteiger partial charge in [0.25, 0.3) is 0 Å². The Morgan fingerprint density at radius 2 is 1.87 bits per heavy atom. The van der Waals surface area contributed by atoms with E-state index < -0.39 is 11.5 Å². The molecule has 128 valence electrons. The van der Waals surface area contributed by atoms with E-state index in [1.807, 2.05) is 20.8 Å². The second kappa shape index (κ2) is 6.57. The number of hydrogen-bond acceptors (Lipinski definition) is 6. The van der Waals surface area contributed by atoms with Crippen molar-refractivity contribution in [2.75, 3.05) is 12.4 Å². The van der Waals surface area contributed by atoms with Gasteiger partial charge in [-0.1, -0.05) is 51.4 Å². The number of amides is 1. The Morgan fingerprint density at radius 1 is 1.26 bits per heavy atom. The number of hydrogen-bond donors (Lipinski definition) is 2. The molecule has 1 fully saturated rings. The molecule has 1 aliphatic rings. The first-order valence-electron chi connectivity index (χ1n) is 7.87. The van der Waals surface area contributed by atoms with E-state index in [1.165, 1.54) is 7.11 Å². The predicted octanol–water partition coefficient (Wildman–Crippen LogP) is 2.83. The van der Waals surface area contributed by atoms with E-state index >= 15 is 0 Å². The molecule has 1 aromatic rings. The second-order valence-corrected chi connectivity index (χ2v) is 8.11. The number of carbonyl (C=O) groups is 2. The van der Waals surface area contributed by atoms with Crippen molar-refractivity contribution in [1.29, 1.82) is 0 Å². The van der Waals surface area contributed by atoms with Gasteiger partial charge < -0.3 is 15.8 Å². The van der Waals surface area contributed by atoms with Crippen LogP contribution in [0.5, 0.6) is 0 Å². The van der Waals surface area contributed by atoms with Gasteiger partial charge in [0.15, 0.2) is 5.13 Å². The standard InChI is InChI=1S/C16H25N3O3S/c1-15(2,3)11-10(12(20)22-4)23-14(18-11)19-13(21)16(17)8-6-5-7-9-16/h5-9,17H2,1-4H3,(H,18,19,21). The van der Waals surface area contributed by atoms with Crippen molar-refractivity contribution < 1.29 is 14.3 Å². The first kappa shape index (κ1) is 17.9. The van der Waals surface area contributed by atoms with Crippen LogP contribution in [-0.2, 0) is 14.9 Å². The number of anilines is 1. The summed E-state index contributed by atoms with van der Waals surface area (Å²) >= 11 is 1.14. The summed E-state index contributed by atoms with van der Waals surface area (Å²) in [6.45, 7) is 5.89. The molecular formula is C16H25N3O3S. The molecule has 0 bridgehead atoms. The van der Waals surface area contributed by atoms with Crippen molar-refractivity contribution in [3.63, 3.8) is 0 Å². The molecule has 3 N–H and O–H groups in total. The molecule has 1 aromatic heterocycles. The van der Waals surface area contributed by atoms with E-state index in [4.69, 9.17) is 10.5 Å². The van der Waals surface area contributed by atoms with Crippen molar-refractivity contribution in [1.82, 2.24) is 4.98 Å². The van der Waals surface area contributed by atoms with Crippen LogP contribution < -0.4 is 11.1 Å². The summed E-state index contributed by atoms with van der Waals surface area (Å²) in [6.07, 6.45) is 4.40. The van der Waals surface area contributed by atoms with Gasteiger partial charge >= 0.3 is 5.97 Å². The largest absolute Gasteiger partial charge is 0.465 e. The van der Waals surface area contributed by atoms with Crippen molar-refractivity contribution in [3.8, 4) is 0 Å². The highest BCUT2D eigenvalue weighted by Crippen LogP contribution is 2.34. The molecule has 1 aliphatic carbocycles. The molecule has 23 heavy (non-hydrogen) atoms. The van der Waals surface area contributed by atoms with Gasteiger partial charge in [0.05, 0.1) is 18.3 Å². The van der Waals surface area contributed by atoms with Crippen LogP contribution in [0.15, 0.2) is 0 Å². The summed E-state index contributed by atoms with van der Waals surface area (Å²) in [5.74, 6) is -0.657. The van der Waals surface area contributed by atoms with E-state index in [0.29, 0.717) is 28.5 Å². The summed E-state index contributed by atoms with van der Waals surface area (Å²) < 4.78 is 4.82. The van der Waals surface area contributed by atoms with E-state index in [2.05, 4.69) is 10.3 Å². The number of rotatable bonds is 3. The highest BCUT2D eigenvalue weighted by Gasteiger charge is 2.36. The second-order valence-electron chi connectivity index (χ2n) is 7.11. The molecule has 7 heteroatoms. The number of nitrogens with two attached hydrogens (primary N) is 1. The summed E-state index contributed by atoms with van der Waals surface area (Å²) in [4.78, 5) is 29.3. The molecule has 0 unspecified atom stereocenters. The molecule has 1 amide bonds. The molecule has 0 atom stereocenters. The van der Waals surface area contributed by atoms with Gasteiger partial charge in [-0.15, -0.1) is 0 Å². The van der Waals surface area contributed by atoms with E-state index in [1.54, 1.807) is 0 Å². The fourth-order valence-electron chi connectivity index (χ4n) is 2.74. The zero-order valence-corrected chi connectivity index (χ0v) is 15.0. The molecule has 0 aromatic carbocycles. The van der Waals surface area contributed by atoms with E-state index in [9.17, 15) is 9.59 Å². The molecule has 1 heterocycles. The monoisotopic (exact) mass is 339 g/mol. The van der Waals surface area contributed by atoms with Crippen LogP contribution in [0, 0.1) is 0 Å². The van der Waals surface area contributed by atoms with Crippen molar-refractivity contribution in [3.05, 3.63) is 10.6 Å². The van der Waals surface area contributed by atoms with Gasteiger partial charge in [-0.3, -0.25) is 4.79 Å². The smallest absolute Gasteiger partial charge is 0.350 e. The Balaban J connectivity index is 2.25. The maximum Gasteiger partial charge on any atom is 0.350 e. The maximum absolute atomic E-state index is 12.5. The molecule has 1 saturated carbocycles. The zero-order chi connectivity index (χ0) is 17.3. The lowest BCUT2D eigenvalue weighted by Gasteiger charge is -2.31. The van der Waals surface area contributed by atoms with E-state index in [-0.39, 0.29) is 11.3 Å². The Bertz CT molecular complexity index is 598. The van der Waals surface area contributed by atoms with Crippen LogP contribution in [0.4, 0.5) is 5.13 Å². The van der Waals surface area contributed by atoms with Crippen LogP contribution >= 0.6 is 11.3 Å². The zero-order valence-electron chi connectivity index (χ0n) is 14.2. The third-order valence-electron chi connectivity index (χ3n) is 4.13. The summed E-state index contributed by atoms with van der Waals surface area (Å²) in [5, 5.41) is 3.20. The fourth-order valence-corrected chi connectivity index (χ4v) is 3.83. The number of methoxy groups -OCH3 is 1. The van der Waals surface area contributed by atoms with E-state index in [0.717, 1.165) is 30.6 Å².